The van der Waals surface area contributed by atoms with Gasteiger partial charge in [0.05, 0.1) is 6.04 Å². The van der Waals surface area contributed by atoms with Gasteiger partial charge in [-0.1, -0.05) is 30.3 Å². The monoisotopic (exact) mass is 393 g/mol. The average Bonchev–Trinajstić information content (AvgIpc) is 2.70. The molecule has 29 heavy (non-hydrogen) atoms. The highest BCUT2D eigenvalue weighted by atomic mass is 19.1. The van der Waals surface area contributed by atoms with Gasteiger partial charge in [-0.25, -0.2) is 8.78 Å². The molecule has 3 N–H and O–H groups in total. The van der Waals surface area contributed by atoms with Crippen molar-refractivity contribution in [1.29, 1.82) is 0 Å². The van der Waals surface area contributed by atoms with Crippen LogP contribution in [0.2, 0.25) is 0 Å². The van der Waals surface area contributed by atoms with Gasteiger partial charge in [0.15, 0.2) is 0 Å². The molecule has 0 bridgehead atoms. The Hall–Kier alpha value is -3.54. The van der Waals surface area contributed by atoms with E-state index in [1.54, 1.807) is 19.3 Å². The lowest BCUT2D eigenvalue weighted by atomic mass is 9.98. The fourth-order valence-electron chi connectivity index (χ4n) is 3.06. The van der Waals surface area contributed by atoms with Gasteiger partial charge in [-0.2, -0.15) is 0 Å². The number of carbonyl (C=O) groups is 1. The van der Waals surface area contributed by atoms with Gasteiger partial charge in [-0.3, -0.25) is 9.78 Å². The van der Waals surface area contributed by atoms with E-state index in [1.807, 2.05) is 30.3 Å². The van der Waals surface area contributed by atoms with Crippen LogP contribution in [0.25, 0.3) is 6.08 Å². The smallest absolute Gasteiger partial charge is 0.244 e. The van der Waals surface area contributed by atoms with Crippen molar-refractivity contribution >= 4 is 17.7 Å². The molecule has 1 amide bonds. The number of nitrogen functional groups attached to an aromatic ring is 1. The normalized spacial score (nSPS) is 12.1. The standard InChI is InChI=1S/C23H21F2N3O/c1-15(28-22(29)11-10-19-20(24)8-3-9-21(19)25)18-7-2-6-17(23(18)26)13-16-5-4-12-27-14-16/h2-12,14-15H,13,26H2,1H3,(H,28,29)/t15-/m0/s1. The van der Waals surface area contributed by atoms with Crippen molar-refractivity contribution in [3.05, 3.63) is 101 Å². The molecule has 1 heterocycles. The first-order valence-corrected chi connectivity index (χ1v) is 9.14. The summed E-state index contributed by atoms with van der Waals surface area (Å²) in [6.07, 6.45) is 6.34. The van der Waals surface area contributed by atoms with Gasteiger partial charge < -0.3 is 11.1 Å². The third-order valence-corrected chi connectivity index (χ3v) is 4.57. The van der Waals surface area contributed by atoms with Crippen LogP contribution in [0.5, 0.6) is 0 Å². The van der Waals surface area contributed by atoms with Crippen LogP contribution in [0, 0.1) is 11.6 Å². The van der Waals surface area contributed by atoms with Crippen LogP contribution < -0.4 is 11.1 Å². The van der Waals surface area contributed by atoms with Gasteiger partial charge in [-0.05, 0) is 47.9 Å². The number of pyridine rings is 1. The predicted molar refractivity (Wildman–Crippen MR) is 110 cm³/mol. The zero-order chi connectivity index (χ0) is 20.8. The van der Waals surface area contributed by atoms with Crippen molar-refractivity contribution in [3.8, 4) is 0 Å². The Kier molecular flexibility index (Phi) is 6.34. The molecule has 3 aromatic rings. The van der Waals surface area contributed by atoms with E-state index in [1.165, 1.54) is 6.07 Å². The number of para-hydroxylation sites is 1. The molecule has 0 spiro atoms. The molecule has 0 saturated carbocycles. The second kappa shape index (κ2) is 9.10. The molecule has 0 aliphatic rings. The van der Waals surface area contributed by atoms with Gasteiger partial charge in [0, 0.05) is 36.1 Å². The first-order chi connectivity index (χ1) is 14.0. The fraction of sp³-hybridized carbons (Fsp3) is 0.130. The summed E-state index contributed by atoms with van der Waals surface area (Å²) in [5.74, 6) is -1.93. The number of benzene rings is 2. The van der Waals surface area contributed by atoms with Crippen LogP contribution in [0.15, 0.2) is 67.0 Å². The summed E-state index contributed by atoms with van der Waals surface area (Å²) in [5.41, 5.74) is 9.39. The molecule has 0 aliphatic heterocycles. The minimum atomic E-state index is -0.727. The SMILES string of the molecule is C[C@H](NC(=O)C=Cc1c(F)cccc1F)c1cccc(Cc2cccnc2)c1N. The molecule has 2 aromatic carbocycles. The molecule has 0 aliphatic carbocycles. The number of nitrogens with zero attached hydrogens (tertiary/aromatic N) is 1. The van der Waals surface area contributed by atoms with E-state index in [0.717, 1.165) is 41.0 Å². The van der Waals surface area contributed by atoms with Crippen LogP contribution in [-0.2, 0) is 11.2 Å². The van der Waals surface area contributed by atoms with Crippen molar-refractivity contribution in [1.82, 2.24) is 10.3 Å². The van der Waals surface area contributed by atoms with Gasteiger partial charge in [0.25, 0.3) is 0 Å². The van der Waals surface area contributed by atoms with Crippen LogP contribution in [0.1, 0.15) is 35.2 Å². The summed E-state index contributed by atoms with van der Waals surface area (Å²) in [7, 11) is 0. The van der Waals surface area contributed by atoms with Crippen molar-refractivity contribution in [3.63, 3.8) is 0 Å². The van der Waals surface area contributed by atoms with Gasteiger partial charge in [0.1, 0.15) is 11.6 Å². The van der Waals surface area contributed by atoms with Crippen molar-refractivity contribution in [2.45, 2.75) is 19.4 Å². The second-order valence-corrected chi connectivity index (χ2v) is 6.66. The fourth-order valence-corrected chi connectivity index (χ4v) is 3.06. The minimum absolute atomic E-state index is 0.256. The van der Waals surface area contributed by atoms with Crippen LogP contribution >= 0.6 is 0 Å². The molecule has 3 rings (SSSR count). The highest BCUT2D eigenvalue weighted by molar-refractivity contribution is 5.92. The molecular weight excluding hydrogens is 372 g/mol. The summed E-state index contributed by atoms with van der Waals surface area (Å²) in [6, 6.07) is 12.6. The number of amides is 1. The van der Waals surface area contributed by atoms with Crippen LogP contribution in [0.3, 0.4) is 0 Å². The molecule has 6 heteroatoms. The number of carbonyl (C=O) groups excluding carboxylic acids is 1. The number of aromatic nitrogens is 1. The predicted octanol–water partition coefficient (Wildman–Crippen LogP) is 4.42. The molecule has 0 saturated heterocycles. The molecule has 0 unspecified atom stereocenters. The Bertz CT molecular complexity index is 1020. The van der Waals surface area contributed by atoms with E-state index < -0.39 is 17.5 Å². The third kappa shape index (κ3) is 5.04. The molecule has 1 aromatic heterocycles. The average molecular weight is 393 g/mol. The maximum Gasteiger partial charge on any atom is 0.244 e. The second-order valence-electron chi connectivity index (χ2n) is 6.66. The number of hydrogen-bond donors (Lipinski definition) is 2. The Morgan fingerprint density at radius 3 is 2.55 bits per heavy atom. The number of nitrogens with one attached hydrogen (secondary N) is 1. The lowest BCUT2D eigenvalue weighted by Gasteiger charge is -2.18. The lowest BCUT2D eigenvalue weighted by molar-refractivity contribution is -0.117. The number of halogens is 2. The molecule has 0 fully saturated rings. The zero-order valence-corrected chi connectivity index (χ0v) is 15.9. The van der Waals surface area contributed by atoms with E-state index >= 15 is 0 Å². The quantitative estimate of drug-likeness (QED) is 0.481. The topological polar surface area (TPSA) is 68.0 Å². The summed E-state index contributed by atoms with van der Waals surface area (Å²) >= 11 is 0. The van der Waals surface area contributed by atoms with E-state index in [9.17, 15) is 13.6 Å². The molecule has 4 nitrogen and oxygen atoms in total. The van der Waals surface area contributed by atoms with Crippen LogP contribution in [0.4, 0.5) is 14.5 Å². The van der Waals surface area contributed by atoms with Gasteiger partial charge in [-0.15, -0.1) is 0 Å². The van der Waals surface area contributed by atoms with Crippen molar-refractivity contribution < 1.29 is 13.6 Å². The molecular formula is C23H21F2N3O. The van der Waals surface area contributed by atoms with Gasteiger partial charge >= 0.3 is 0 Å². The number of nitrogens with two attached hydrogens (primary N) is 1. The Labute approximate surface area is 168 Å². The summed E-state index contributed by atoms with van der Waals surface area (Å²) in [5, 5.41) is 2.77. The maximum atomic E-state index is 13.7. The lowest BCUT2D eigenvalue weighted by Crippen LogP contribution is -2.25. The van der Waals surface area contributed by atoms with E-state index in [2.05, 4.69) is 10.3 Å². The number of hydrogen-bond acceptors (Lipinski definition) is 3. The van der Waals surface area contributed by atoms with Gasteiger partial charge in [0.2, 0.25) is 5.91 Å². The maximum absolute atomic E-state index is 13.7. The summed E-state index contributed by atoms with van der Waals surface area (Å²) in [4.78, 5) is 16.3. The number of rotatable bonds is 6. The first kappa shape index (κ1) is 20.2. The molecule has 1 atom stereocenters. The minimum Gasteiger partial charge on any atom is -0.398 e. The van der Waals surface area contributed by atoms with E-state index in [4.69, 9.17) is 5.73 Å². The number of anilines is 1. The highest BCUT2D eigenvalue weighted by Gasteiger charge is 2.14. The zero-order valence-electron chi connectivity index (χ0n) is 15.9. The summed E-state index contributed by atoms with van der Waals surface area (Å²) in [6.45, 7) is 1.80. The van der Waals surface area contributed by atoms with Crippen molar-refractivity contribution in [2.75, 3.05) is 5.73 Å². The Morgan fingerprint density at radius 2 is 1.86 bits per heavy atom. The summed E-state index contributed by atoms with van der Waals surface area (Å²) < 4.78 is 27.3. The van der Waals surface area contributed by atoms with Crippen molar-refractivity contribution in [2.24, 2.45) is 0 Å². The van der Waals surface area contributed by atoms with Crippen LogP contribution in [-0.4, -0.2) is 10.9 Å². The highest BCUT2D eigenvalue weighted by Crippen LogP contribution is 2.25. The first-order valence-electron chi connectivity index (χ1n) is 9.14. The van der Waals surface area contributed by atoms with E-state index in [0.29, 0.717) is 12.1 Å². The molecule has 0 radical (unpaired) electrons. The Balaban J connectivity index is 1.72. The molecule has 148 valence electrons. The largest absolute Gasteiger partial charge is 0.398 e. The van der Waals surface area contributed by atoms with E-state index in [-0.39, 0.29) is 11.6 Å². The Morgan fingerprint density at radius 1 is 1.14 bits per heavy atom. The third-order valence-electron chi connectivity index (χ3n) is 4.57.